The quantitative estimate of drug-likeness (QED) is 0.665. The van der Waals surface area contributed by atoms with Crippen molar-refractivity contribution in [2.45, 2.75) is 19.3 Å². The van der Waals surface area contributed by atoms with Crippen molar-refractivity contribution in [3.8, 4) is 0 Å². The van der Waals surface area contributed by atoms with Crippen LogP contribution in [-0.2, 0) is 0 Å². The second-order valence-electron chi connectivity index (χ2n) is 2.97. The highest BCUT2D eigenvalue weighted by molar-refractivity contribution is 5.23. The molecule has 0 radical (unpaired) electrons. The topological polar surface area (TPSA) is 38.9 Å². The van der Waals surface area contributed by atoms with Gasteiger partial charge >= 0.3 is 0 Å². The van der Waals surface area contributed by atoms with Crippen molar-refractivity contribution in [3.05, 3.63) is 35.8 Å². The zero-order valence-corrected chi connectivity index (χ0v) is 7.20. The number of nitrogens with zero attached hydrogens (tertiary/aromatic N) is 2. The Labute approximate surface area is 75.0 Å². The maximum Gasteiger partial charge on any atom is 0.223 e. The average Bonchev–Trinajstić information content (AvgIpc) is 2.52. The molecule has 0 bridgehead atoms. The Kier molecular flexibility index (Phi) is 1.96. The Bertz CT molecular complexity index is 367. The lowest BCUT2D eigenvalue weighted by Crippen LogP contribution is -2.00. The predicted molar refractivity (Wildman–Crippen MR) is 44.7 cm³/mol. The zero-order chi connectivity index (χ0) is 9.26. The van der Waals surface area contributed by atoms with E-state index >= 15 is 0 Å². The van der Waals surface area contributed by atoms with E-state index in [0.717, 1.165) is 6.42 Å². The molecule has 1 unspecified atom stereocenters. The average molecular weight is 180 g/mol. The van der Waals surface area contributed by atoms with Gasteiger partial charge in [-0.1, -0.05) is 11.2 Å². The Morgan fingerprint density at radius 3 is 3.08 bits per heavy atom. The van der Waals surface area contributed by atoms with Gasteiger partial charge in [-0.3, -0.25) is 0 Å². The number of hydrogen-bond donors (Lipinski definition) is 0. The minimum Gasteiger partial charge on any atom is -0.340 e. The SMILES string of the molecule is Cc1nc(C2C=C(F)C=CC2)no1. The van der Waals surface area contributed by atoms with Crippen molar-refractivity contribution in [2.24, 2.45) is 0 Å². The first kappa shape index (κ1) is 8.16. The van der Waals surface area contributed by atoms with Crippen LogP contribution in [-0.4, -0.2) is 10.1 Å². The molecule has 1 aromatic heterocycles. The van der Waals surface area contributed by atoms with Crippen LogP contribution in [0.1, 0.15) is 24.1 Å². The number of rotatable bonds is 1. The van der Waals surface area contributed by atoms with Crippen LogP contribution in [0.4, 0.5) is 4.39 Å². The normalized spacial score (nSPS) is 21.7. The first-order valence-corrected chi connectivity index (χ1v) is 4.10. The fourth-order valence-electron chi connectivity index (χ4n) is 1.29. The summed E-state index contributed by atoms with van der Waals surface area (Å²) in [6, 6.07) is 0. The van der Waals surface area contributed by atoms with E-state index in [2.05, 4.69) is 10.1 Å². The first-order chi connectivity index (χ1) is 6.25. The summed E-state index contributed by atoms with van der Waals surface area (Å²) >= 11 is 0. The van der Waals surface area contributed by atoms with Gasteiger partial charge < -0.3 is 4.52 Å². The Morgan fingerprint density at radius 1 is 1.62 bits per heavy atom. The molecule has 0 spiro atoms. The highest BCUT2D eigenvalue weighted by atomic mass is 19.1. The van der Waals surface area contributed by atoms with Gasteiger partial charge in [0.1, 0.15) is 5.83 Å². The summed E-state index contributed by atoms with van der Waals surface area (Å²) in [4.78, 5) is 4.05. The molecule has 0 aliphatic heterocycles. The minimum absolute atomic E-state index is 0.0811. The summed E-state index contributed by atoms with van der Waals surface area (Å²) in [5.74, 6) is 0.747. The highest BCUT2D eigenvalue weighted by Gasteiger charge is 2.16. The fourth-order valence-corrected chi connectivity index (χ4v) is 1.29. The van der Waals surface area contributed by atoms with E-state index in [0.29, 0.717) is 11.7 Å². The molecule has 1 aliphatic rings. The third-order valence-electron chi connectivity index (χ3n) is 1.90. The number of allylic oxidation sites excluding steroid dienone is 4. The van der Waals surface area contributed by atoms with Gasteiger partial charge in [-0.25, -0.2) is 4.39 Å². The molecular formula is C9H9FN2O. The third-order valence-corrected chi connectivity index (χ3v) is 1.90. The maximum atomic E-state index is 12.8. The lowest BCUT2D eigenvalue weighted by molar-refractivity contribution is 0.385. The Morgan fingerprint density at radius 2 is 2.46 bits per heavy atom. The van der Waals surface area contributed by atoms with Crippen LogP contribution in [0.15, 0.2) is 28.6 Å². The van der Waals surface area contributed by atoms with Crippen molar-refractivity contribution >= 4 is 0 Å². The molecule has 0 fully saturated rings. The van der Waals surface area contributed by atoms with Gasteiger partial charge in [0.2, 0.25) is 5.89 Å². The van der Waals surface area contributed by atoms with Crippen LogP contribution in [0.2, 0.25) is 0 Å². The number of hydrogen-bond acceptors (Lipinski definition) is 3. The van der Waals surface area contributed by atoms with Gasteiger partial charge in [-0.15, -0.1) is 0 Å². The standard InChI is InChI=1S/C9H9FN2O/c1-6-11-9(12-13-6)7-3-2-4-8(10)5-7/h2,4-5,7H,3H2,1H3. The molecule has 1 atom stereocenters. The molecule has 1 aliphatic carbocycles. The summed E-state index contributed by atoms with van der Waals surface area (Å²) in [6.45, 7) is 1.72. The Hall–Kier alpha value is -1.45. The minimum atomic E-state index is -0.237. The van der Waals surface area contributed by atoms with Crippen LogP contribution in [0, 0.1) is 6.92 Å². The first-order valence-electron chi connectivity index (χ1n) is 4.10. The summed E-state index contributed by atoms with van der Waals surface area (Å²) in [6.07, 6.45) is 5.45. The van der Waals surface area contributed by atoms with Gasteiger partial charge in [0.25, 0.3) is 0 Å². The molecule has 68 valence electrons. The number of aromatic nitrogens is 2. The smallest absolute Gasteiger partial charge is 0.223 e. The van der Waals surface area contributed by atoms with Gasteiger partial charge in [0.15, 0.2) is 5.82 Å². The number of aryl methyl sites for hydroxylation is 1. The molecule has 13 heavy (non-hydrogen) atoms. The van der Waals surface area contributed by atoms with Crippen LogP contribution in [0.25, 0.3) is 0 Å². The van der Waals surface area contributed by atoms with E-state index in [4.69, 9.17) is 4.52 Å². The molecule has 4 heteroatoms. The molecule has 0 amide bonds. The lowest BCUT2D eigenvalue weighted by atomic mass is 10.00. The van der Waals surface area contributed by atoms with E-state index in [1.807, 2.05) is 0 Å². The molecule has 0 saturated carbocycles. The van der Waals surface area contributed by atoms with E-state index in [1.165, 1.54) is 12.2 Å². The lowest BCUT2D eigenvalue weighted by Gasteiger charge is -2.08. The molecule has 0 aromatic carbocycles. The van der Waals surface area contributed by atoms with E-state index in [1.54, 1.807) is 13.0 Å². The molecule has 3 nitrogen and oxygen atoms in total. The van der Waals surface area contributed by atoms with Crippen LogP contribution >= 0.6 is 0 Å². The van der Waals surface area contributed by atoms with Gasteiger partial charge in [0, 0.05) is 12.8 Å². The van der Waals surface area contributed by atoms with Crippen LogP contribution in [0.3, 0.4) is 0 Å². The third kappa shape index (κ3) is 1.66. The van der Waals surface area contributed by atoms with Crippen molar-refractivity contribution in [1.29, 1.82) is 0 Å². The molecular weight excluding hydrogens is 171 g/mol. The molecule has 2 rings (SSSR count). The fraction of sp³-hybridized carbons (Fsp3) is 0.333. The van der Waals surface area contributed by atoms with E-state index in [9.17, 15) is 4.39 Å². The predicted octanol–water partition coefficient (Wildman–Crippen LogP) is 2.27. The van der Waals surface area contributed by atoms with Crippen molar-refractivity contribution in [3.63, 3.8) is 0 Å². The van der Waals surface area contributed by atoms with E-state index < -0.39 is 0 Å². The molecule has 0 N–H and O–H groups in total. The van der Waals surface area contributed by atoms with Crippen LogP contribution in [0.5, 0.6) is 0 Å². The van der Waals surface area contributed by atoms with Gasteiger partial charge in [-0.05, 0) is 18.6 Å². The second-order valence-corrected chi connectivity index (χ2v) is 2.97. The van der Waals surface area contributed by atoms with Gasteiger partial charge in [0.05, 0.1) is 0 Å². The van der Waals surface area contributed by atoms with E-state index in [-0.39, 0.29) is 11.7 Å². The van der Waals surface area contributed by atoms with Gasteiger partial charge in [-0.2, -0.15) is 4.98 Å². The summed E-state index contributed by atoms with van der Waals surface area (Å²) in [5.41, 5.74) is 0. The van der Waals surface area contributed by atoms with Crippen molar-refractivity contribution < 1.29 is 8.91 Å². The monoisotopic (exact) mass is 180 g/mol. The largest absolute Gasteiger partial charge is 0.340 e. The number of halogens is 1. The Balaban J connectivity index is 2.23. The van der Waals surface area contributed by atoms with Crippen molar-refractivity contribution in [2.75, 3.05) is 0 Å². The summed E-state index contributed by atoms with van der Waals surface area (Å²) in [7, 11) is 0. The molecule has 0 saturated heterocycles. The maximum absolute atomic E-state index is 12.8. The van der Waals surface area contributed by atoms with Crippen LogP contribution < -0.4 is 0 Å². The summed E-state index contributed by atoms with van der Waals surface area (Å²) < 4.78 is 17.6. The van der Waals surface area contributed by atoms with Crippen molar-refractivity contribution in [1.82, 2.24) is 10.1 Å². The molecule has 1 aromatic rings. The summed E-state index contributed by atoms with van der Waals surface area (Å²) in [5, 5.41) is 3.74. The highest BCUT2D eigenvalue weighted by Crippen LogP contribution is 2.25. The zero-order valence-electron chi connectivity index (χ0n) is 7.20. The molecule has 1 heterocycles. The second kappa shape index (κ2) is 3.12.